The molecule has 2 aromatic rings. The molecular weight excluding hydrogens is 212 g/mol. The molecule has 0 saturated carbocycles. The van der Waals surface area contributed by atoms with Crippen molar-refractivity contribution in [1.29, 1.82) is 0 Å². The fourth-order valence-corrected chi connectivity index (χ4v) is 1.61. The van der Waals surface area contributed by atoms with Crippen molar-refractivity contribution in [2.45, 2.75) is 19.5 Å². The Kier molecular flexibility index (Phi) is 3.67. The van der Waals surface area contributed by atoms with Gasteiger partial charge < -0.3 is 5.32 Å². The van der Waals surface area contributed by atoms with E-state index in [0.717, 1.165) is 12.1 Å². The van der Waals surface area contributed by atoms with Crippen LogP contribution in [0.1, 0.15) is 24.1 Å². The Labute approximate surface area is 101 Å². The van der Waals surface area contributed by atoms with Gasteiger partial charge >= 0.3 is 0 Å². The zero-order valence-electron chi connectivity index (χ0n) is 9.87. The molecule has 2 aromatic heterocycles. The molecule has 0 bridgehead atoms. The van der Waals surface area contributed by atoms with Crippen molar-refractivity contribution in [3.05, 3.63) is 54.6 Å². The number of rotatable bonds is 5. The standard InChI is InChI=1S/C13H16N4/c1-3-17-10-12(9-16-17)8-15-11(2)13-4-6-14-7-5-13/h3-7,9-11,15H,1,8H2,2H3/t11-/m1/s1. The van der Waals surface area contributed by atoms with E-state index in [-0.39, 0.29) is 0 Å². The molecule has 0 unspecified atom stereocenters. The van der Waals surface area contributed by atoms with Crippen LogP contribution in [0, 0.1) is 0 Å². The third-order valence-electron chi connectivity index (χ3n) is 2.66. The van der Waals surface area contributed by atoms with Crippen molar-refractivity contribution in [2.75, 3.05) is 0 Å². The molecule has 0 aromatic carbocycles. The SMILES string of the molecule is C=Cn1cc(CN[C@H](C)c2ccncc2)cn1. The molecule has 0 saturated heterocycles. The van der Waals surface area contributed by atoms with E-state index in [0.29, 0.717) is 6.04 Å². The van der Waals surface area contributed by atoms with Crippen molar-refractivity contribution in [1.82, 2.24) is 20.1 Å². The average molecular weight is 228 g/mol. The van der Waals surface area contributed by atoms with Gasteiger partial charge in [-0.25, -0.2) is 4.68 Å². The highest BCUT2D eigenvalue weighted by Gasteiger charge is 2.04. The molecule has 4 nitrogen and oxygen atoms in total. The third-order valence-corrected chi connectivity index (χ3v) is 2.66. The zero-order valence-corrected chi connectivity index (χ0v) is 9.87. The number of nitrogens with zero attached hydrogens (tertiary/aromatic N) is 3. The quantitative estimate of drug-likeness (QED) is 0.853. The zero-order chi connectivity index (χ0) is 12.1. The normalized spacial score (nSPS) is 12.3. The highest BCUT2D eigenvalue weighted by Crippen LogP contribution is 2.11. The Balaban J connectivity index is 1.92. The second-order valence-corrected chi connectivity index (χ2v) is 3.89. The van der Waals surface area contributed by atoms with Gasteiger partial charge in [0.2, 0.25) is 0 Å². The summed E-state index contributed by atoms with van der Waals surface area (Å²) in [5.74, 6) is 0. The van der Waals surface area contributed by atoms with Crippen LogP contribution >= 0.6 is 0 Å². The molecule has 1 atom stereocenters. The predicted molar refractivity (Wildman–Crippen MR) is 68.1 cm³/mol. The summed E-state index contributed by atoms with van der Waals surface area (Å²) in [6, 6.07) is 4.33. The number of nitrogens with one attached hydrogen (secondary N) is 1. The number of pyridine rings is 1. The summed E-state index contributed by atoms with van der Waals surface area (Å²) in [6.45, 7) is 6.58. The molecule has 4 heteroatoms. The van der Waals surface area contributed by atoms with E-state index in [1.807, 2.05) is 36.9 Å². The van der Waals surface area contributed by atoms with Crippen molar-refractivity contribution in [2.24, 2.45) is 0 Å². The highest BCUT2D eigenvalue weighted by atomic mass is 15.2. The number of hydrogen-bond acceptors (Lipinski definition) is 3. The van der Waals surface area contributed by atoms with Gasteiger partial charge in [-0.15, -0.1) is 0 Å². The van der Waals surface area contributed by atoms with Crippen LogP contribution < -0.4 is 5.32 Å². The van der Waals surface area contributed by atoms with Crippen molar-refractivity contribution in [3.63, 3.8) is 0 Å². The van der Waals surface area contributed by atoms with Gasteiger partial charge in [-0.3, -0.25) is 4.98 Å². The molecule has 0 aliphatic rings. The maximum absolute atomic E-state index is 4.13. The largest absolute Gasteiger partial charge is 0.306 e. The first-order valence-electron chi connectivity index (χ1n) is 5.58. The van der Waals surface area contributed by atoms with Crippen LogP contribution in [-0.4, -0.2) is 14.8 Å². The first kappa shape index (κ1) is 11.5. The monoisotopic (exact) mass is 228 g/mol. The summed E-state index contributed by atoms with van der Waals surface area (Å²) in [4.78, 5) is 4.01. The third kappa shape index (κ3) is 3.01. The van der Waals surface area contributed by atoms with Gasteiger partial charge in [0, 0.05) is 42.9 Å². The number of hydrogen-bond donors (Lipinski definition) is 1. The van der Waals surface area contributed by atoms with Gasteiger partial charge in [0.1, 0.15) is 0 Å². The first-order valence-corrected chi connectivity index (χ1v) is 5.58. The topological polar surface area (TPSA) is 42.7 Å². The molecule has 0 fully saturated rings. The maximum Gasteiger partial charge on any atom is 0.0538 e. The van der Waals surface area contributed by atoms with Crippen LogP contribution in [0.5, 0.6) is 0 Å². The van der Waals surface area contributed by atoms with Gasteiger partial charge in [-0.1, -0.05) is 6.58 Å². The van der Waals surface area contributed by atoms with Crippen molar-refractivity contribution in [3.8, 4) is 0 Å². The van der Waals surface area contributed by atoms with E-state index in [9.17, 15) is 0 Å². The van der Waals surface area contributed by atoms with Crippen molar-refractivity contribution >= 4 is 6.20 Å². The van der Waals surface area contributed by atoms with E-state index in [1.165, 1.54) is 5.56 Å². The average Bonchev–Trinajstić information content (AvgIpc) is 2.85. The summed E-state index contributed by atoms with van der Waals surface area (Å²) in [5.41, 5.74) is 2.38. The predicted octanol–water partition coefficient (Wildman–Crippen LogP) is 2.23. The van der Waals surface area contributed by atoms with E-state index in [4.69, 9.17) is 0 Å². The lowest BCUT2D eigenvalue weighted by Gasteiger charge is -2.12. The van der Waals surface area contributed by atoms with Gasteiger partial charge in [0.05, 0.1) is 6.20 Å². The molecule has 0 amide bonds. The summed E-state index contributed by atoms with van der Waals surface area (Å²) >= 11 is 0. The molecule has 0 radical (unpaired) electrons. The van der Waals surface area contributed by atoms with E-state index >= 15 is 0 Å². The Morgan fingerprint density at radius 1 is 1.47 bits per heavy atom. The lowest BCUT2D eigenvalue weighted by molar-refractivity contribution is 0.574. The molecular formula is C13H16N4. The molecule has 2 rings (SSSR count). The van der Waals surface area contributed by atoms with Crippen LogP contribution in [0.4, 0.5) is 0 Å². The summed E-state index contributed by atoms with van der Waals surface area (Å²) in [7, 11) is 0. The van der Waals surface area contributed by atoms with Gasteiger partial charge in [-0.05, 0) is 24.6 Å². The van der Waals surface area contributed by atoms with Crippen LogP contribution in [0.15, 0.2) is 43.5 Å². The molecule has 17 heavy (non-hydrogen) atoms. The van der Waals surface area contributed by atoms with Crippen LogP contribution in [0.25, 0.3) is 6.20 Å². The molecule has 0 aliphatic heterocycles. The van der Waals surface area contributed by atoms with Gasteiger partial charge in [0.25, 0.3) is 0 Å². The Morgan fingerprint density at radius 3 is 2.88 bits per heavy atom. The second kappa shape index (κ2) is 5.41. The molecule has 88 valence electrons. The van der Waals surface area contributed by atoms with Gasteiger partial charge in [0.15, 0.2) is 0 Å². The van der Waals surface area contributed by atoms with E-state index < -0.39 is 0 Å². The molecule has 1 N–H and O–H groups in total. The first-order chi connectivity index (χ1) is 8.29. The minimum absolute atomic E-state index is 0.296. The van der Waals surface area contributed by atoms with Crippen LogP contribution in [-0.2, 0) is 6.54 Å². The molecule has 0 spiro atoms. The molecule has 2 heterocycles. The number of aromatic nitrogens is 3. The Morgan fingerprint density at radius 2 is 2.24 bits per heavy atom. The highest BCUT2D eigenvalue weighted by molar-refractivity contribution is 5.18. The Hall–Kier alpha value is -1.94. The Bertz CT molecular complexity index is 475. The second-order valence-electron chi connectivity index (χ2n) is 3.89. The lowest BCUT2D eigenvalue weighted by atomic mass is 10.1. The summed E-state index contributed by atoms with van der Waals surface area (Å²) in [6.07, 6.45) is 9.09. The van der Waals surface area contributed by atoms with Crippen molar-refractivity contribution < 1.29 is 0 Å². The summed E-state index contributed by atoms with van der Waals surface area (Å²) < 4.78 is 1.70. The van der Waals surface area contributed by atoms with E-state index in [2.05, 4.69) is 28.9 Å². The fourth-order valence-electron chi connectivity index (χ4n) is 1.61. The van der Waals surface area contributed by atoms with Crippen LogP contribution in [0.2, 0.25) is 0 Å². The summed E-state index contributed by atoms with van der Waals surface area (Å²) in [5, 5.41) is 7.57. The maximum atomic E-state index is 4.13. The minimum atomic E-state index is 0.296. The lowest BCUT2D eigenvalue weighted by Crippen LogP contribution is -2.17. The fraction of sp³-hybridized carbons (Fsp3) is 0.231. The van der Waals surface area contributed by atoms with E-state index in [1.54, 1.807) is 10.9 Å². The smallest absolute Gasteiger partial charge is 0.0538 e. The van der Waals surface area contributed by atoms with Gasteiger partial charge in [-0.2, -0.15) is 5.10 Å². The van der Waals surface area contributed by atoms with Crippen LogP contribution in [0.3, 0.4) is 0 Å². The molecule has 0 aliphatic carbocycles. The minimum Gasteiger partial charge on any atom is -0.306 e.